The predicted molar refractivity (Wildman–Crippen MR) is 133 cm³/mol. The number of aromatic nitrogens is 1. The van der Waals surface area contributed by atoms with E-state index in [2.05, 4.69) is 42.3 Å². The van der Waals surface area contributed by atoms with Crippen molar-refractivity contribution in [2.75, 3.05) is 0 Å². The second kappa shape index (κ2) is 12.2. The minimum atomic E-state index is -3.52. The fourth-order valence-electron chi connectivity index (χ4n) is 4.20. The lowest BCUT2D eigenvalue weighted by molar-refractivity contribution is -0.142. The molecule has 0 radical (unpaired) electrons. The van der Waals surface area contributed by atoms with Crippen molar-refractivity contribution in [2.24, 2.45) is 7.05 Å². The van der Waals surface area contributed by atoms with Gasteiger partial charge in [-0.25, -0.2) is 0 Å². The average molecular weight is 490 g/mol. The van der Waals surface area contributed by atoms with Crippen LogP contribution in [0.3, 0.4) is 0 Å². The Morgan fingerprint density at radius 2 is 1.74 bits per heavy atom. The molecule has 1 N–H and O–H groups in total. The number of nitrogens with one attached hydrogen (secondary N) is 1. The molecule has 8 heteroatoms. The van der Waals surface area contributed by atoms with Crippen molar-refractivity contribution < 1.29 is 18.4 Å². The minimum absolute atomic E-state index is 0.0636. The fourth-order valence-corrected chi connectivity index (χ4v) is 4.20. The highest BCUT2D eigenvalue weighted by Gasteiger charge is 2.37. The molecule has 192 valence electrons. The van der Waals surface area contributed by atoms with E-state index in [0.717, 1.165) is 62.2 Å². The van der Waals surface area contributed by atoms with E-state index in [4.69, 9.17) is 0 Å². The first-order valence-electron chi connectivity index (χ1n) is 12.2. The number of carbonyl (C=O) groups excluding carboxylic acids is 2. The van der Waals surface area contributed by atoms with Crippen LogP contribution in [-0.2, 0) is 42.1 Å². The number of piperidine rings is 1. The number of Topliss-reactive ketones (excluding diaryl/α,β-unsaturated/α-hetero) is 1. The summed E-state index contributed by atoms with van der Waals surface area (Å²) in [6.07, 6.45) is 4.11. The largest absolute Gasteiger partial charge is 0.352 e. The second-order valence-corrected chi connectivity index (χ2v) is 8.86. The summed E-state index contributed by atoms with van der Waals surface area (Å²) in [5.74, 6) is -4.55. The molecule has 3 heterocycles. The van der Waals surface area contributed by atoms with E-state index in [1.807, 2.05) is 13.8 Å². The van der Waals surface area contributed by atoms with Gasteiger partial charge in [-0.1, -0.05) is 39.0 Å². The van der Waals surface area contributed by atoms with Crippen LogP contribution in [0, 0.1) is 0 Å². The third-order valence-electron chi connectivity index (χ3n) is 6.32. The summed E-state index contributed by atoms with van der Waals surface area (Å²) in [7, 11) is 1.35. The average Bonchev–Trinajstić information content (AvgIpc) is 3.25. The molecule has 2 aliphatic heterocycles. The number of alkyl halides is 2. The predicted octanol–water partition coefficient (Wildman–Crippen LogP) is 4.32. The molecule has 2 atom stereocenters. The van der Waals surface area contributed by atoms with Gasteiger partial charge in [-0.2, -0.15) is 8.78 Å². The van der Waals surface area contributed by atoms with Crippen molar-refractivity contribution in [3.8, 4) is 0 Å². The lowest BCUT2D eigenvalue weighted by Crippen LogP contribution is -2.51. The van der Waals surface area contributed by atoms with Crippen molar-refractivity contribution in [1.29, 1.82) is 0 Å². The van der Waals surface area contributed by atoms with Gasteiger partial charge in [-0.3, -0.25) is 19.3 Å². The number of ketones is 1. The third kappa shape index (κ3) is 6.84. The minimum Gasteiger partial charge on any atom is -0.352 e. The summed E-state index contributed by atoms with van der Waals surface area (Å²) in [6, 6.07) is 9.12. The number of hydrogen-bond acceptors (Lipinski definition) is 4. The van der Waals surface area contributed by atoms with E-state index in [-0.39, 0.29) is 11.9 Å². The van der Waals surface area contributed by atoms with Gasteiger partial charge in [0.2, 0.25) is 17.2 Å². The molecule has 2 aliphatic rings. The molecule has 2 unspecified atom stereocenters. The Labute approximate surface area is 206 Å². The number of aryl methyl sites for hydroxylation is 2. The van der Waals surface area contributed by atoms with Gasteiger partial charge in [0, 0.05) is 50.9 Å². The van der Waals surface area contributed by atoms with E-state index < -0.39 is 22.8 Å². The number of pyridine rings is 1. The molecule has 35 heavy (non-hydrogen) atoms. The first-order chi connectivity index (χ1) is 16.5. The Morgan fingerprint density at radius 1 is 1.09 bits per heavy atom. The molecule has 0 saturated carbocycles. The topological polar surface area (TPSA) is 71.4 Å². The SMILES string of the molecule is CC.CC(=O)C(F)(F)c1ccc(=O)n(C)c1.CCc1ccc2c(c1)CN(C1CCC(C)NC1=O)C2. The summed E-state index contributed by atoms with van der Waals surface area (Å²) >= 11 is 0. The number of carbonyl (C=O) groups is 2. The van der Waals surface area contributed by atoms with Crippen LogP contribution in [0.15, 0.2) is 41.3 Å². The summed E-state index contributed by atoms with van der Waals surface area (Å²) < 4.78 is 27.3. The molecule has 0 spiro atoms. The Hall–Kier alpha value is -2.87. The van der Waals surface area contributed by atoms with Crippen LogP contribution in [0.1, 0.15) is 69.7 Å². The molecule has 6 nitrogen and oxygen atoms in total. The summed E-state index contributed by atoms with van der Waals surface area (Å²) in [5.41, 5.74) is 3.33. The molecule has 4 rings (SSSR count). The lowest BCUT2D eigenvalue weighted by atomic mass is 10.00. The summed E-state index contributed by atoms with van der Waals surface area (Å²) in [5, 5.41) is 3.07. The molecule has 0 aliphatic carbocycles. The van der Waals surface area contributed by atoms with Gasteiger partial charge in [0.25, 0.3) is 0 Å². The van der Waals surface area contributed by atoms with Crippen LogP contribution in [0.5, 0.6) is 0 Å². The van der Waals surface area contributed by atoms with E-state index >= 15 is 0 Å². The van der Waals surface area contributed by atoms with Gasteiger partial charge < -0.3 is 9.88 Å². The number of fused-ring (bicyclic) bond motifs is 1. The monoisotopic (exact) mass is 489 g/mol. The molecule has 1 aromatic heterocycles. The Balaban J connectivity index is 0.000000241. The number of hydrogen-bond donors (Lipinski definition) is 1. The molecule has 1 fully saturated rings. The summed E-state index contributed by atoms with van der Waals surface area (Å²) in [6.45, 7) is 10.9. The molecule has 1 amide bonds. The van der Waals surface area contributed by atoms with Crippen molar-refractivity contribution in [3.63, 3.8) is 0 Å². The van der Waals surface area contributed by atoms with Crippen LogP contribution < -0.4 is 10.9 Å². The first kappa shape index (κ1) is 28.4. The zero-order chi connectivity index (χ0) is 26.3. The van der Waals surface area contributed by atoms with Gasteiger partial charge in [-0.05, 0) is 48.9 Å². The van der Waals surface area contributed by atoms with Crippen LogP contribution in [-0.4, -0.2) is 33.2 Å². The van der Waals surface area contributed by atoms with Gasteiger partial charge in [0.15, 0.2) is 0 Å². The van der Waals surface area contributed by atoms with Crippen LogP contribution in [0.4, 0.5) is 8.78 Å². The van der Waals surface area contributed by atoms with Gasteiger partial charge in [-0.15, -0.1) is 0 Å². The van der Waals surface area contributed by atoms with Crippen molar-refractivity contribution in [3.05, 3.63) is 69.1 Å². The highest BCUT2D eigenvalue weighted by atomic mass is 19.3. The van der Waals surface area contributed by atoms with E-state index in [1.165, 1.54) is 23.7 Å². The highest BCUT2D eigenvalue weighted by molar-refractivity contribution is 5.84. The number of benzene rings is 1. The number of amides is 1. The fraction of sp³-hybridized carbons (Fsp3) is 0.519. The van der Waals surface area contributed by atoms with Crippen molar-refractivity contribution >= 4 is 11.7 Å². The van der Waals surface area contributed by atoms with Gasteiger partial charge in [0.1, 0.15) is 0 Å². The van der Waals surface area contributed by atoms with E-state index in [0.29, 0.717) is 6.04 Å². The number of nitrogens with zero attached hydrogens (tertiary/aromatic N) is 2. The second-order valence-electron chi connectivity index (χ2n) is 8.86. The highest BCUT2D eigenvalue weighted by Crippen LogP contribution is 2.29. The lowest BCUT2D eigenvalue weighted by Gasteiger charge is -2.32. The Bertz CT molecular complexity index is 1100. The van der Waals surface area contributed by atoms with Crippen LogP contribution >= 0.6 is 0 Å². The molecular formula is C27H37F2N3O3. The van der Waals surface area contributed by atoms with E-state index in [9.17, 15) is 23.2 Å². The first-order valence-corrected chi connectivity index (χ1v) is 12.2. The van der Waals surface area contributed by atoms with Gasteiger partial charge >= 0.3 is 5.92 Å². The summed E-state index contributed by atoms with van der Waals surface area (Å²) in [4.78, 5) is 36.0. The quantitative estimate of drug-likeness (QED) is 0.694. The molecule has 0 bridgehead atoms. The zero-order valence-electron chi connectivity index (χ0n) is 21.5. The molecule has 1 saturated heterocycles. The smallest absolute Gasteiger partial charge is 0.331 e. The van der Waals surface area contributed by atoms with Crippen molar-refractivity contribution in [1.82, 2.24) is 14.8 Å². The maximum absolute atomic E-state index is 13.1. The third-order valence-corrected chi connectivity index (χ3v) is 6.32. The Morgan fingerprint density at radius 3 is 2.31 bits per heavy atom. The van der Waals surface area contributed by atoms with Crippen LogP contribution in [0.25, 0.3) is 0 Å². The maximum Gasteiger partial charge on any atom is 0.331 e. The van der Waals surface area contributed by atoms with Crippen molar-refractivity contribution in [2.45, 2.75) is 85.0 Å². The molecule has 2 aromatic rings. The number of rotatable bonds is 4. The molecule has 1 aromatic carbocycles. The van der Waals surface area contributed by atoms with Gasteiger partial charge in [0.05, 0.1) is 6.04 Å². The molecular weight excluding hydrogens is 452 g/mol. The normalized spacial score (nSPS) is 19.5. The zero-order valence-corrected chi connectivity index (χ0v) is 21.5. The van der Waals surface area contributed by atoms with Crippen LogP contribution in [0.2, 0.25) is 0 Å². The standard InChI is InChI=1S/C16H22N2O.C9H9F2NO2.C2H6/c1-3-12-5-6-13-9-18(10-14(13)8-12)15-7-4-11(2)17-16(15)19;1-6(13)9(10,11)7-3-4-8(14)12(2)5-7;1-2/h5-6,8,11,15H,3-4,7,9-10H2,1-2H3,(H,17,19);3-5H,1-2H3;1-2H3. The van der Waals surface area contributed by atoms with E-state index in [1.54, 1.807) is 0 Å². The number of halogens is 2. The Kier molecular flexibility index (Phi) is 9.89. The maximum atomic E-state index is 13.1.